The highest BCUT2D eigenvalue weighted by Crippen LogP contribution is 2.24. The molecule has 28 heavy (non-hydrogen) atoms. The molecule has 0 amide bonds. The monoisotopic (exact) mass is 532 g/mol. The first-order valence-electron chi connectivity index (χ1n) is 8.61. The van der Waals surface area contributed by atoms with Crippen molar-refractivity contribution in [3.05, 3.63) is 70.2 Å². The van der Waals surface area contributed by atoms with E-state index in [4.69, 9.17) is 23.2 Å². The topological polar surface area (TPSA) is 59.2 Å². The largest absolute Gasteiger partial charge is 0.356 e. The van der Waals surface area contributed by atoms with E-state index in [-0.39, 0.29) is 24.0 Å². The molecule has 0 aliphatic carbocycles. The average molecular weight is 533 g/mol. The second-order valence-corrected chi connectivity index (χ2v) is 6.82. The van der Waals surface area contributed by atoms with Gasteiger partial charge in [0.15, 0.2) is 5.96 Å². The molecular formula is C19H23Cl2IN6. The lowest BCUT2D eigenvalue weighted by Gasteiger charge is -2.12. The second-order valence-electron chi connectivity index (χ2n) is 6.05. The molecule has 0 atom stereocenters. The number of nitrogens with zero attached hydrogens (tertiary/aromatic N) is 4. The fourth-order valence-electron chi connectivity index (χ4n) is 2.72. The summed E-state index contributed by atoms with van der Waals surface area (Å²) < 4.78 is 3.70. The molecule has 2 heterocycles. The molecule has 0 fully saturated rings. The van der Waals surface area contributed by atoms with E-state index < -0.39 is 0 Å². The molecule has 0 aliphatic rings. The quantitative estimate of drug-likeness (QED) is 0.286. The standard InChI is InChI=1S/C19H22Cl2N6.HI/c1-22-19(24-13-16-12-17(20)18(21)26(16)2)23-10-8-14-4-6-15(7-5-14)27-11-3-9-25-27;/h3-7,9,11-12H,8,10,13H2,1-2H3,(H2,22,23,24);1H. The van der Waals surface area contributed by atoms with Gasteiger partial charge in [0.2, 0.25) is 0 Å². The summed E-state index contributed by atoms with van der Waals surface area (Å²) >= 11 is 12.1. The highest BCUT2D eigenvalue weighted by atomic mass is 127. The van der Waals surface area contributed by atoms with E-state index >= 15 is 0 Å². The normalized spacial score (nSPS) is 11.2. The SMILES string of the molecule is CN=C(NCCc1ccc(-n2cccn2)cc1)NCc1cc(Cl)c(Cl)n1C.I. The highest BCUT2D eigenvalue weighted by molar-refractivity contribution is 14.0. The van der Waals surface area contributed by atoms with Crippen molar-refractivity contribution in [2.24, 2.45) is 12.0 Å². The van der Waals surface area contributed by atoms with Gasteiger partial charge in [-0.15, -0.1) is 24.0 Å². The van der Waals surface area contributed by atoms with Crippen LogP contribution in [0.15, 0.2) is 53.8 Å². The summed E-state index contributed by atoms with van der Waals surface area (Å²) in [5.41, 5.74) is 3.28. The first kappa shape index (κ1) is 22.6. The minimum Gasteiger partial charge on any atom is -0.356 e. The predicted molar refractivity (Wildman–Crippen MR) is 126 cm³/mol. The Balaban J connectivity index is 0.00000280. The molecule has 150 valence electrons. The van der Waals surface area contributed by atoms with Gasteiger partial charge >= 0.3 is 0 Å². The van der Waals surface area contributed by atoms with Crippen molar-refractivity contribution in [3.63, 3.8) is 0 Å². The van der Waals surface area contributed by atoms with Gasteiger partial charge in [0.05, 0.1) is 17.3 Å². The maximum Gasteiger partial charge on any atom is 0.191 e. The molecule has 9 heteroatoms. The Labute approximate surface area is 192 Å². The van der Waals surface area contributed by atoms with Gasteiger partial charge in [-0.1, -0.05) is 35.3 Å². The molecule has 2 aromatic heterocycles. The van der Waals surface area contributed by atoms with Crippen molar-refractivity contribution in [1.29, 1.82) is 0 Å². The molecule has 0 bridgehead atoms. The summed E-state index contributed by atoms with van der Waals surface area (Å²) in [6.07, 6.45) is 4.59. The van der Waals surface area contributed by atoms with Gasteiger partial charge in [-0.3, -0.25) is 4.99 Å². The molecule has 2 N–H and O–H groups in total. The molecule has 0 radical (unpaired) electrons. The van der Waals surface area contributed by atoms with Crippen LogP contribution in [0, 0.1) is 0 Å². The summed E-state index contributed by atoms with van der Waals surface area (Å²) in [7, 11) is 3.63. The third-order valence-corrected chi connectivity index (χ3v) is 5.13. The molecule has 0 saturated heterocycles. The molecule has 1 aromatic carbocycles. The summed E-state index contributed by atoms with van der Waals surface area (Å²) in [6, 6.07) is 12.1. The number of nitrogens with one attached hydrogen (secondary N) is 2. The minimum absolute atomic E-state index is 0. The van der Waals surface area contributed by atoms with Gasteiger partial charge in [0.25, 0.3) is 0 Å². The first-order chi connectivity index (χ1) is 13.1. The zero-order valence-corrected chi connectivity index (χ0v) is 19.5. The molecule has 0 unspecified atom stereocenters. The van der Waals surface area contributed by atoms with Crippen molar-refractivity contribution < 1.29 is 0 Å². The highest BCUT2D eigenvalue weighted by Gasteiger charge is 2.09. The Bertz CT molecular complexity index is 903. The van der Waals surface area contributed by atoms with Crippen LogP contribution in [0.25, 0.3) is 5.69 Å². The van der Waals surface area contributed by atoms with E-state index in [1.54, 1.807) is 13.2 Å². The van der Waals surface area contributed by atoms with Crippen molar-refractivity contribution >= 4 is 53.1 Å². The summed E-state index contributed by atoms with van der Waals surface area (Å²) in [5, 5.41) is 11.9. The third-order valence-electron chi connectivity index (χ3n) is 4.29. The van der Waals surface area contributed by atoms with Gasteiger partial charge in [-0.2, -0.15) is 5.10 Å². The smallest absolute Gasteiger partial charge is 0.191 e. The number of halogens is 3. The lowest BCUT2D eigenvalue weighted by Crippen LogP contribution is -2.38. The zero-order valence-electron chi connectivity index (χ0n) is 15.7. The van der Waals surface area contributed by atoms with Crippen LogP contribution in [-0.2, 0) is 20.0 Å². The van der Waals surface area contributed by atoms with Crippen LogP contribution in [0.3, 0.4) is 0 Å². The van der Waals surface area contributed by atoms with Gasteiger partial charge in [-0.05, 0) is 36.2 Å². The average Bonchev–Trinajstić information content (AvgIpc) is 3.30. The van der Waals surface area contributed by atoms with Gasteiger partial charge in [0, 0.05) is 38.7 Å². The molecule has 3 rings (SSSR count). The van der Waals surface area contributed by atoms with Crippen molar-refractivity contribution in [2.45, 2.75) is 13.0 Å². The molecule has 3 aromatic rings. The van der Waals surface area contributed by atoms with Crippen molar-refractivity contribution in [3.8, 4) is 5.69 Å². The number of aliphatic imine (C=N–C) groups is 1. The fraction of sp³-hybridized carbons (Fsp3) is 0.263. The Hall–Kier alpha value is -1.71. The van der Waals surface area contributed by atoms with Crippen LogP contribution in [0.1, 0.15) is 11.3 Å². The molecule has 0 aliphatic heterocycles. The van der Waals surface area contributed by atoms with Gasteiger partial charge in [0.1, 0.15) is 5.15 Å². The second kappa shape index (κ2) is 10.7. The van der Waals surface area contributed by atoms with E-state index in [1.165, 1.54) is 5.56 Å². The Morgan fingerprint density at radius 1 is 1.18 bits per heavy atom. The lowest BCUT2D eigenvalue weighted by molar-refractivity contribution is 0.746. The van der Waals surface area contributed by atoms with E-state index in [0.29, 0.717) is 16.7 Å². The number of hydrogen-bond donors (Lipinski definition) is 2. The number of benzene rings is 1. The van der Waals surface area contributed by atoms with Crippen LogP contribution in [-0.4, -0.2) is 33.9 Å². The lowest BCUT2D eigenvalue weighted by atomic mass is 10.1. The van der Waals surface area contributed by atoms with Crippen LogP contribution >= 0.6 is 47.2 Å². The van der Waals surface area contributed by atoms with E-state index in [2.05, 4.69) is 45.0 Å². The predicted octanol–water partition coefficient (Wildman–Crippen LogP) is 4.04. The zero-order chi connectivity index (χ0) is 19.2. The van der Waals surface area contributed by atoms with Crippen molar-refractivity contribution in [2.75, 3.05) is 13.6 Å². The van der Waals surface area contributed by atoms with Crippen molar-refractivity contribution in [1.82, 2.24) is 25.0 Å². The maximum atomic E-state index is 6.09. The number of rotatable bonds is 6. The van der Waals surface area contributed by atoms with Crippen LogP contribution in [0.4, 0.5) is 0 Å². The fourth-order valence-corrected chi connectivity index (χ4v) is 3.13. The third kappa shape index (κ3) is 5.65. The molecule has 0 saturated carbocycles. The Morgan fingerprint density at radius 3 is 2.50 bits per heavy atom. The molecular weight excluding hydrogens is 510 g/mol. The maximum absolute atomic E-state index is 6.09. The van der Waals surface area contributed by atoms with Crippen LogP contribution in [0.5, 0.6) is 0 Å². The Kier molecular flexibility index (Phi) is 8.65. The van der Waals surface area contributed by atoms with E-state index in [1.807, 2.05) is 34.6 Å². The summed E-state index contributed by atoms with van der Waals surface area (Å²) in [4.78, 5) is 4.25. The van der Waals surface area contributed by atoms with Gasteiger partial charge < -0.3 is 15.2 Å². The summed E-state index contributed by atoms with van der Waals surface area (Å²) in [6.45, 7) is 1.36. The molecule has 6 nitrogen and oxygen atoms in total. The van der Waals surface area contributed by atoms with Gasteiger partial charge in [-0.25, -0.2) is 4.68 Å². The molecule has 0 spiro atoms. The van der Waals surface area contributed by atoms with Crippen LogP contribution < -0.4 is 10.6 Å². The van der Waals surface area contributed by atoms with Crippen LogP contribution in [0.2, 0.25) is 10.2 Å². The van der Waals surface area contributed by atoms with E-state index in [9.17, 15) is 0 Å². The number of aromatic nitrogens is 3. The number of hydrogen-bond acceptors (Lipinski definition) is 2. The first-order valence-corrected chi connectivity index (χ1v) is 9.37. The summed E-state index contributed by atoms with van der Waals surface area (Å²) in [5.74, 6) is 0.733. The minimum atomic E-state index is 0. The number of guanidine groups is 1. The Morgan fingerprint density at radius 2 is 1.93 bits per heavy atom. The van der Waals surface area contributed by atoms with E-state index in [0.717, 1.165) is 30.3 Å².